The Morgan fingerprint density at radius 3 is 2.65 bits per heavy atom. The Morgan fingerprint density at radius 1 is 1.35 bits per heavy atom. The van der Waals surface area contributed by atoms with Crippen molar-refractivity contribution in [2.45, 2.75) is 24.7 Å². The third-order valence-corrected chi connectivity index (χ3v) is 4.97. The number of rotatable bonds is 5. The van der Waals surface area contributed by atoms with Gasteiger partial charge in [0.15, 0.2) is 9.84 Å². The summed E-state index contributed by atoms with van der Waals surface area (Å²) in [4.78, 5) is 14.1. The van der Waals surface area contributed by atoms with Gasteiger partial charge in [-0.05, 0) is 43.0 Å². The Bertz CT molecular complexity index is 628. The van der Waals surface area contributed by atoms with Crippen molar-refractivity contribution in [1.82, 2.24) is 10.2 Å². The summed E-state index contributed by atoms with van der Waals surface area (Å²) in [5.74, 6) is 1.14. The van der Waals surface area contributed by atoms with Gasteiger partial charge in [0.25, 0.3) is 0 Å². The third kappa shape index (κ3) is 5.42. The van der Waals surface area contributed by atoms with Gasteiger partial charge in [-0.15, -0.1) is 0 Å². The first-order valence-corrected chi connectivity index (χ1v) is 9.71. The van der Waals surface area contributed by atoms with Gasteiger partial charge in [0.2, 0.25) is 0 Å². The lowest BCUT2D eigenvalue weighted by Crippen LogP contribution is -2.45. The van der Waals surface area contributed by atoms with Crippen LogP contribution in [0.5, 0.6) is 5.75 Å². The minimum Gasteiger partial charge on any atom is -0.492 e. The fourth-order valence-corrected chi connectivity index (χ4v) is 3.23. The summed E-state index contributed by atoms with van der Waals surface area (Å²) in [6, 6.07) is 6.21. The summed E-state index contributed by atoms with van der Waals surface area (Å²) in [5, 5.41) is 2.84. The number of hydrogen-bond acceptors (Lipinski definition) is 4. The second-order valence-corrected chi connectivity index (χ2v) is 8.03. The molecule has 2 rings (SSSR count). The van der Waals surface area contributed by atoms with Crippen LogP contribution in [0.4, 0.5) is 4.79 Å². The quantitative estimate of drug-likeness (QED) is 0.831. The molecule has 0 unspecified atom stereocenters. The van der Waals surface area contributed by atoms with Gasteiger partial charge in [0.1, 0.15) is 12.4 Å². The highest BCUT2D eigenvalue weighted by molar-refractivity contribution is 7.90. The largest absolute Gasteiger partial charge is 0.492 e. The summed E-state index contributed by atoms with van der Waals surface area (Å²) in [5.41, 5.74) is 0. The van der Waals surface area contributed by atoms with Crippen molar-refractivity contribution in [2.24, 2.45) is 5.92 Å². The molecular weight excluding hydrogens is 316 g/mol. The molecule has 1 aromatic rings. The summed E-state index contributed by atoms with van der Waals surface area (Å²) < 4.78 is 28.2. The Kier molecular flexibility index (Phi) is 5.87. The number of nitrogens with one attached hydrogen (secondary N) is 1. The monoisotopic (exact) mass is 340 g/mol. The van der Waals surface area contributed by atoms with Crippen LogP contribution in [0.25, 0.3) is 0 Å². The number of nitrogens with zero attached hydrogens (tertiary/aromatic N) is 1. The van der Waals surface area contributed by atoms with Crippen LogP contribution in [0.2, 0.25) is 0 Å². The highest BCUT2D eigenvalue weighted by atomic mass is 32.2. The van der Waals surface area contributed by atoms with Crippen molar-refractivity contribution in [3.05, 3.63) is 24.3 Å². The van der Waals surface area contributed by atoms with Gasteiger partial charge in [-0.25, -0.2) is 13.2 Å². The van der Waals surface area contributed by atoms with Crippen LogP contribution in [0.15, 0.2) is 29.2 Å². The van der Waals surface area contributed by atoms with E-state index in [1.165, 1.54) is 24.8 Å². The molecular formula is C16H24N2O4S. The molecule has 7 heteroatoms. The average Bonchev–Trinajstić information content (AvgIpc) is 2.51. The number of benzene rings is 1. The number of sulfone groups is 1. The average molecular weight is 340 g/mol. The lowest BCUT2D eigenvalue weighted by atomic mass is 10.0. The maximum absolute atomic E-state index is 12.0. The molecule has 6 nitrogen and oxygen atoms in total. The number of urea groups is 1. The number of amides is 2. The molecule has 1 saturated heterocycles. The Hall–Kier alpha value is -1.76. The molecule has 1 heterocycles. The summed E-state index contributed by atoms with van der Waals surface area (Å²) >= 11 is 0. The summed E-state index contributed by atoms with van der Waals surface area (Å²) in [7, 11) is -3.19. The number of carbonyl (C=O) groups is 1. The van der Waals surface area contributed by atoms with E-state index >= 15 is 0 Å². The van der Waals surface area contributed by atoms with Gasteiger partial charge in [-0.2, -0.15) is 0 Å². The zero-order valence-corrected chi connectivity index (χ0v) is 14.4. The van der Waals surface area contributed by atoms with Crippen molar-refractivity contribution < 1.29 is 17.9 Å². The Balaban J connectivity index is 1.72. The SMILES string of the molecule is C[C@H]1CCCN(C(=O)NCCOc2ccc(S(C)(=O)=O)cc2)C1. The molecule has 1 aliphatic rings. The first-order chi connectivity index (χ1) is 10.9. The maximum atomic E-state index is 12.0. The van der Waals surface area contributed by atoms with Crippen LogP contribution in [0.1, 0.15) is 19.8 Å². The molecule has 0 radical (unpaired) electrons. The van der Waals surface area contributed by atoms with E-state index < -0.39 is 9.84 Å². The highest BCUT2D eigenvalue weighted by Crippen LogP contribution is 2.16. The van der Waals surface area contributed by atoms with Crippen molar-refractivity contribution >= 4 is 15.9 Å². The van der Waals surface area contributed by atoms with Crippen LogP contribution in [0.3, 0.4) is 0 Å². The fraction of sp³-hybridized carbons (Fsp3) is 0.562. The number of hydrogen-bond donors (Lipinski definition) is 1. The van der Waals surface area contributed by atoms with Gasteiger partial charge in [0.05, 0.1) is 11.4 Å². The smallest absolute Gasteiger partial charge is 0.317 e. The van der Waals surface area contributed by atoms with Crippen molar-refractivity contribution in [3.8, 4) is 5.75 Å². The van der Waals surface area contributed by atoms with Gasteiger partial charge in [0, 0.05) is 19.3 Å². The van der Waals surface area contributed by atoms with E-state index in [2.05, 4.69) is 12.2 Å². The van der Waals surface area contributed by atoms with Gasteiger partial charge >= 0.3 is 6.03 Å². The molecule has 0 saturated carbocycles. The standard InChI is InChI=1S/C16H24N2O4S/c1-13-4-3-10-18(12-13)16(19)17-9-11-22-14-5-7-15(8-6-14)23(2,20)21/h5-8,13H,3-4,9-12H2,1-2H3,(H,17,19)/t13-/m0/s1. The van der Waals surface area contributed by atoms with E-state index in [9.17, 15) is 13.2 Å². The molecule has 1 aliphatic heterocycles. The normalized spacial score (nSPS) is 18.5. The zero-order valence-electron chi connectivity index (χ0n) is 13.6. The van der Waals surface area contributed by atoms with Crippen LogP contribution < -0.4 is 10.1 Å². The molecule has 0 aromatic heterocycles. The number of piperidine rings is 1. The molecule has 1 aromatic carbocycles. The zero-order chi connectivity index (χ0) is 16.9. The minimum atomic E-state index is -3.19. The third-order valence-electron chi connectivity index (χ3n) is 3.84. The molecule has 1 fully saturated rings. The minimum absolute atomic E-state index is 0.0485. The molecule has 0 spiro atoms. The van der Waals surface area contributed by atoms with Crippen molar-refractivity contribution in [1.29, 1.82) is 0 Å². The number of ether oxygens (including phenoxy) is 1. The molecule has 2 amide bonds. The second kappa shape index (κ2) is 7.68. The van der Waals surface area contributed by atoms with E-state index in [4.69, 9.17) is 4.74 Å². The summed E-state index contributed by atoms with van der Waals surface area (Å²) in [6.07, 6.45) is 3.40. The van der Waals surface area contributed by atoms with E-state index in [0.29, 0.717) is 24.8 Å². The summed E-state index contributed by atoms with van der Waals surface area (Å²) in [6.45, 7) is 4.53. The van der Waals surface area contributed by atoms with E-state index in [1.54, 1.807) is 12.1 Å². The molecule has 1 atom stereocenters. The highest BCUT2D eigenvalue weighted by Gasteiger charge is 2.20. The Morgan fingerprint density at radius 2 is 2.04 bits per heavy atom. The van der Waals surface area contributed by atoms with Gasteiger partial charge < -0.3 is 15.0 Å². The lowest BCUT2D eigenvalue weighted by molar-refractivity contribution is 0.167. The maximum Gasteiger partial charge on any atom is 0.317 e. The van der Waals surface area contributed by atoms with Gasteiger partial charge in [-0.1, -0.05) is 6.92 Å². The Labute approximate surface area is 137 Å². The molecule has 128 valence electrons. The van der Waals surface area contributed by atoms with Gasteiger partial charge in [-0.3, -0.25) is 0 Å². The fourth-order valence-electron chi connectivity index (χ4n) is 2.60. The van der Waals surface area contributed by atoms with Crippen molar-refractivity contribution in [2.75, 3.05) is 32.5 Å². The topological polar surface area (TPSA) is 75.7 Å². The second-order valence-electron chi connectivity index (χ2n) is 6.02. The molecule has 0 aliphatic carbocycles. The predicted octanol–water partition coefficient (Wildman–Crippen LogP) is 1.91. The van der Waals surface area contributed by atoms with E-state index in [-0.39, 0.29) is 10.9 Å². The van der Waals surface area contributed by atoms with Crippen LogP contribution >= 0.6 is 0 Å². The van der Waals surface area contributed by atoms with Crippen molar-refractivity contribution in [3.63, 3.8) is 0 Å². The predicted molar refractivity (Wildman–Crippen MR) is 88.4 cm³/mol. The molecule has 0 bridgehead atoms. The number of carbonyl (C=O) groups excluding carboxylic acids is 1. The van der Waals surface area contributed by atoms with Crippen LogP contribution in [-0.2, 0) is 9.84 Å². The van der Waals surface area contributed by atoms with Crippen LogP contribution in [-0.4, -0.2) is 51.8 Å². The lowest BCUT2D eigenvalue weighted by Gasteiger charge is -2.30. The first-order valence-electron chi connectivity index (χ1n) is 7.82. The number of likely N-dealkylation sites (tertiary alicyclic amines) is 1. The van der Waals surface area contributed by atoms with E-state index in [0.717, 1.165) is 19.5 Å². The van der Waals surface area contributed by atoms with E-state index in [1.807, 2.05) is 4.90 Å². The first kappa shape index (κ1) is 17.6. The molecule has 1 N–H and O–H groups in total. The van der Waals surface area contributed by atoms with Crippen LogP contribution in [0, 0.1) is 5.92 Å². The molecule has 23 heavy (non-hydrogen) atoms.